The molecule has 1 saturated carbocycles. The van der Waals surface area contributed by atoms with Crippen LogP contribution >= 0.6 is 0 Å². The monoisotopic (exact) mass is 410 g/mol. The molecule has 1 N–H and O–H groups in total. The van der Waals surface area contributed by atoms with Crippen LogP contribution in [-0.2, 0) is 0 Å². The van der Waals surface area contributed by atoms with E-state index in [0.717, 1.165) is 19.4 Å². The zero-order chi connectivity index (χ0) is 20.9. The van der Waals surface area contributed by atoms with Crippen molar-refractivity contribution in [1.29, 1.82) is 0 Å². The Morgan fingerprint density at radius 3 is 2.77 bits per heavy atom. The molecular formula is C21H23FN6O2. The highest BCUT2D eigenvalue weighted by atomic mass is 19.1. The Kier molecular flexibility index (Phi) is 4.43. The summed E-state index contributed by atoms with van der Waals surface area (Å²) in [6.45, 7) is 2.78. The average Bonchev–Trinajstić information content (AvgIpc) is 3.28. The van der Waals surface area contributed by atoms with Gasteiger partial charge in [-0.15, -0.1) is 15.3 Å². The summed E-state index contributed by atoms with van der Waals surface area (Å²) in [7, 11) is 1.98. The van der Waals surface area contributed by atoms with E-state index in [4.69, 9.17) is 4.74 Å². The van der Waals surface area contributed by atoms with E-state index in [1.165, 1.54) is 0 Å². The van der Waals surface area contributed by atoms with Crippen LogP contribution in [0.3, 0.4) is 0 Å². The molecule has 3 aliphatic rings. The van der Waals surface area contributed by atoms with E-state index < -0.39 is 17.8 Å². The van der Waals surface area contributed by atoms with E-state index in [1.54, 1.807) is 47.4 Å². The van der Waals surface area contributed by atoms with Gasteiger partial charge in [0.1, 0.15) is 11.9 Å². The molecule has 0 amide bonds. The molecule has 2 saturated heterocycles. The lowest BCUT2D eigenvalue weighted by Gasteiger charge is -2.56. The predicted octanol–water partition coefficient (Wildman–Crippen LogP) is 2.63. The van der Waals surface area contributed by atoms with Crippen molar-refractivity contribution in [2.75, 3.05) is 13.6 Å². The third kappa shape index (κ3) is 3.00. The van der Waals surface area contributed by atoms with E-state index in [-0.39, 0.29) is 11.7 Å². The van der Waals surface area contributed by atoms with Crippen molar-refractivity contribution in [2.45, 2.75) is 37.6 Å². The van der Waals surface area contributed by atoms with E-state index in [2.05, 4.69) is 25.4 Å². The van der Waals surface area contributed by atoms with Crippen molar-refractivity contribution in [1.82, 2.24) is 30.1 Å². The third-order valence-electron chi connectivity index (χ3n) is 6.59. The molecule has 6 rings (SSSR count). The summed E-state index contributed by atoms with van der Waals surface area (Å²) in [6.07, 6.45) is 3.44. The molecule has 3 aromatic rings. The smallest absolute Gasteiger partial charge is 0.233 e. The molecule has 0 unspecified atom stereocenters. The highest BCUT2D eigenvalue weighted by Crippen LogP contribution is 2.45. The van der Waals surface area contributed by atoms with Crippen molar-refractivity contribution < 1.29 is 14.2 Å². The number of phenols is 1. The fraction of sp³-hybridized carbons (Fsp3) is 0.429. The van der Waals surface area contributed by atoms with Gasteiger partial charge in [-0.3, -0.25) is 4.90 Å². The number of phenolic OH excluding ortho intramolecular Hbond substituents is 1. The molecule has 156 valence electrons. The molecule has 0 spiro atoms. The number of nitrogens with zero attached hydrogens (tertiary/aromatic N) is 6. The Morgan fingerprint density at radius 2 is 2.10 bits per heavy atom. The third-order valence-corrected chi connectivity index (χ3v) is 6.59. The first-order valence-electron chi connectivity index (χ1n) is 10.0. The van der Waals surface area contributed by atoms with Crippen molar-refractivity contribution in [3.8, 4) is 28.6 Å². The van der Waals surface area contributed by atoms with E-state index in [0.29, 0.717) is 22.8 Å². The molecule has 9 heteroatoms. The summed E-state index contributed by atoms with van der Waals surface area (Å²) >= 11 is 0. The lowest BCUT2D eigenvalue weighted by Crippen LogP contribution is -2.68. The summed E-state index contributed by atoms with van der Waals surface area (Å²) < 4.78 is 22.7. The molecule has 4 atom stereocenters. The summed E-state index contributed by atoms with van der Waals surface area (Å²) in [4.78, 5) is 2.10. The van der Waals surface area contributed by atoms with Crippen molar-refractivity contribution in [3.63, 3.8) is 0 Å². The molecule has 30 heavy (non-hydrogen) atoms. The van der Waals surface area contributed by atoms with E-state index >= 15 is 4.39 Å². The number of aromatic nitrogens is 5. The highest BCUT2D eigenvalue weighted by molar-refractivity contribution is 5.68. The molecule has 8 nitrogen and oxygen atoms in total. The summed E-state index contributed by atoms with van der Waals surface area (Å²) in [5.74, 6) is 0.487. The number of hydrogen-bond acceptors (Lipinski definition) is 7. The van der Waals surface area contributed by atoms with Crippen LogP contribution in [0.1, 0.15) is 19.8 Å². The van der Waals surface area contributed by atoms with Gasteiger partial charge in [0.25, 0.3) is 0 Å². The molecular weight excluding hydrogens is 387 g/mol. The van der Waals surface area contributed by atoms with E-state index in [9.17, 15) is 5.11 Å². The van der Waals surface area contributed by atoms with Gasteiger partial charge in [-0.05, 0) is 45.0 Å². The molecule has 0 radical (unpaired) electrons. The Balaban J connectivity index is 1.34. The normalized spacial score (nSPS) is 28.6. The number of halogens is 1. The SMILES string of the molecule is CN1C[C@H]2CC[C@]1(C)[C@@H](F)[C@H]2Oc1ccc(-c2ccc(-n3ccnn3)cc2O)nn1. The maximum atomic E-state index is 15.2. The zero-order valence-corrected chi connectivity index (χ0v) is 16.8. The average molecular weight is 410 g/mol. The summed E-state index contributed by atoms with van der Waals surface area (Å²) in [6, 6.07) is 8.52. The second kappa shape index (κ2) is 7.02. The van der Waals surface area contributed by atoms with Gasteiger partial charge in [-0.1, -0.05) is 5.21 Å². The number of hydrogen-bond donors (Lipinski definition) is 1. The van der Waals surface area contributed by atoms with Gasteiger partial charge in [-0.25, -0.2) is 9.07 Å². The first kappa shape index (κ1) is 18.9. The van der Waals surface area contributed by atoms with Gasteiger partial charge in [0.15, 0.2) is 6.17 Å². The van der Waals surface area contributed by atoms with Crippen molar-refractivity contribution >= 4 is 0 Å². The van der Waals surface area contributed by atoms with Crippen LogP contribution in [0.25, 0.3) is 16.9 Å². The molecule has 2 bridgehead atoms. The van der Waals surface area contributed by atoms with Gasteiger partial charge < -0.3 is 9.84 Å². The van der Waals surface area contributed by atoms with Gasteiger partial charge in [0.2, 0.25) is 5.88 Å². The largest absolute Gasteiger partial charge is 0.507 e. The molecule has 3 fully saturated rings. The van der Waals surface area contributed by atoms with Crippen LogP contribution in [0.4, 0.5) is 4.39 Å². The van der Waals surface area contributed by atoms with Gasteiger partial charge in [-0.2, -0.15) is 0 Å². The van der Waals surface area contributed by atoms with Crippen LogP contribution in [0.2, 0.25) is 0 Å². The standard InChI is InChI=1S/C21H23FN6O2/c1-21-8-7-13(12-27(21)2)19(20(21)22)30-18-6-5-16(24-25-18)15-4-3-14(11-17(15)29)28-10-9-23-26-28/h3-6,9-11,13,19-20,29H,7-8,12H2,1-2H3/t13-,19+,20+,21-/m1/s1. The zero-order valence-electron chi connectivity index (χ0n) is 16.8. The summed E-state index contributed by atoms with van der Waals surface area (Å²) in [5, 5.41) is 26.4. The number of piperidine rings is 2. The molecule has 1 aliphatic carbocycles. The second-order valence-corrected chi connectivity index (χ2v) is 8.33. The minimum Gasteiger partial charge on any atom is -0.507 e. The number of benzene rings is 1. The van der Waals surface area contributed by atoms with Crippen molar-refractivity contribution in [3.05, 3.63) is 42.7 Å². The lowest BCUT2D eigenvalue weighted by atomic mass is 9.68. The van der Waals surface area contributed by atoms with Crippen LogP contribution < -0.4 is 4.74 Å². The highest BCUT2D eigenvalue weighted by Gasteiger charge is 2.55. The topological polar surface area (TPSA) is 89.2 Å². The number of aromatic hydroxyl groups is 1. The number of fused-ring (bicyclic) bond motifs is 3. The van der Waals surface area contributed by atoms with Gasteiger partial charge in [0, 0.05) is 30.2 Å². The fourth-order valence-electron chi connectivity index (χ4n) is 4.58. The molecule has 2 aromatic heterocycles. The lowest BCUT2D eigenvalue weighted by molar-refractivity contribution is -0.136. The predicted molar refractivity (Wildman–Crippen MR) is 107 cm³/mol. The maximum Gasteiger partial charge on any atom is 0.233 e. The second-order valence-electron chi connectivity index (χ2n) is 8.33. The van der Waals surface area contributed by atoms with E-state index in [1.807, 2.05) is 14.0 Å². The molecule has 1 aromatic carbocycles. The minimum atomic E-state index is -1.08. The number of ether oxygens (including phenoxy) is 1. The van der Waals surface area contributed by atoms with Gasteiger partial charge >= 0.3 is 0 Å². The van der Waals surface area contributed by atoms with Crippen LogP contribution in [0, 0.1) is 5.92 Å². The first-order valence-corrected chi connectivity index (χ1v) is 10.0. The van der Waals surface area contributed by atoms with Crippen LogP contribution in [-0.4, -0.2) is 66.6 Å². The van der Waals surface area contributed by atoms with Crippen molar-refractivity contribution in [2.24, 2.45) is 5.92 Å². The number of alkyl halides is 1. The fourth-order valence-corrected chi connectivity index (χ4v) is 4.58. The quantitative estimate of drug-likeness (QED) is 0.707. The Bertz CT molecular complexity index is 1040. The molecule has 4 heterocycles. The maximum absolute atomic E-state index is 15.2. The Morgan fingerprint density at radius 1 is 1.23 bits per heavy atom. The Hall–Kier alpha value is -3.07. The molecule has 2 aliphatic heterocycles. The summed E-state index contributed by atoms with van der Waals surface area (Å²) in [5.41, 5.74) is 1.22. The first-order chi connectivity index (χ1) is 14.5. The van der Waals surface area contributed by atoms with Gasteiger partial charge in [0.05, 0.1) is 29.3 Å². The van der Waals surface area contributed by atoms with Crippen LogP contribution in [0.5, 0.6) is 11.6 Å². The van der Waals surface area contributed by atoms with Crippen LogP contribution in [0.15, 0.2) is 42.7 Å². The minimum absolute atomic E-state index is 0.0512. The number of rotatable bonds is 4. The Labute approximate surface area is 173 Å².